The molecule has 31 heavy (non-hydrogen) atoms. The van der Waals surface area contributed by atoms with Crippen LogP contribution in [0.15, 0.2) is 44.4 Å². The third-order valence-corrected chi connectivity index (χ3v) is 6.98. The third kappa shape index (κ3) is 3.76. The number of carboxylic acid groups (broad SMARTS) is 1. The van der Waals surface area contributed by atoms with Crippen molar-refractivity contribution in [2.24, 2.45) is 5.16 Å². The van der Waals surface area contributed by atoms with E-state index in [1.165, 1.54) is 41.9 Å². The van der Waals surface area contributed by atoms with E-state index >= 15 is 0 Å². The number of aromatic nitrogens is 4. The molecule has 15 heteroatoms. The number of oxime groups is 1. The second-order valence-electron chi connectivity index (χ2n) is 6.42. The number of nitrogens with zero attached hydrogens (tertiary/aromatic N) is 5. The third-order valence-electron chi connectivity index (χ3n) is 4.66. The van der Waals surface area contributed by atoms with Gasteiger partial charge in [-0.15, -0.1) is 22.0 Å². The number of rotatable bonds is 7. The number of carboxylic acids is 1. The summed E-state index contributed by atoms with van der Waals surface area (Å²) in [4.78, 5) is 38.4. The number of furan rings is 1. The number of β-lactam (4-membered cyclic amide) rings is 1. The van der Waals surface area contributed by atoms with E-state index in [-0.39, 0.29) is 16.7 Å². The van der Waals surface area contributed by atoms with Crippen molar-refractivity contribution in [1.82, 2.24) is 30.8 Å². The van der Waals surface area contributed by atoms with E-state index < -0.39 is 34.9 Å². The lowest BCUT2D eigenvalue weighted by Gasteiger charge is -2.49. The van der Waals surface area contributed by atoms with Gasteiger partial charge in [0.1, 0.15) is 17.1 Å². The molecule has 0 spiro atoms. The highest BCUT2D eigenvalue weighted by Crippen LogP contribution is 2.43. The Balaban J connectivity index is 1.52. The number of aromatic amines is 1. The second-order valence-corrected chi connectivity index (χ2v) is 8.83. The van der Waals surface area contributed by atoms with Gasteiger partial charge in [-0.3, -0.25) is 14.5 Å². The van der Waals surface area contributed by atoms with Gasteiger partial charge in [0.25, 0.3) is 11.8 Å². The van der Waals surface area contributed by atoms with E-state index in [1.54, 1.807) is 6.92 Å². The lowest BCUT2D eigenvalue weighted by molar-refractivity contribution is -0.150. The maximum absolute atomic E-state index is 12.8. The van der Waals surface area contributed by atoms with Crippen LogP contribution in [0.2, 0.25) is 0 Å². The Hall–Kier alpha value is -3.33. The Bertz CT molecular complexity index is 1070. The van der Waals surface area contributed by atoms with Gasteiger partial charge in [0.2, 0.25) is 10.9 Å². The summed E-state index contributed by atoms with van der Waals surface area (Å²) in [5.74, 6) is -2.28. The topological polar surface area (TPSA) is 187 Å². The van der Waals surface area contributed by atoms with Gasteiger partial charge >= 0.3 is 5.97 Å². The van der Waals surface area contributed by atoms with Gasteiger partial charge in [-0.25, -0.2) is 4.79 Å². The lowest BCUT2D eigenvalue weighted by Crippen LogP contribution is -2.71. The Kier molecular flexibility index (Phi) is 5.69. The Morgan fingerprint density at radius 3 is 2.94 bits per heavy atom. The van der Waals surface area contributed by atoms with E-state index in [0.717, 1.165) is 4.90 Å². The highest BCUT2D eigenvalue weighted by molar-refractivity contribution is 8.01. The molecule has 4 N–H and O–H groups in total. The first-order chi connectivity index (χ1) is 14.9. The molecule has 2 amide bonds. The van der Waals surface area contributed by atoms with Gasteiger partial charge in [-0.05, 0) is 29.8 Å². The van der Waals surface area contributed by atoms with E-state index in [4.69, 9.17) is 9.62 Å². The zero-order chi connectivity index (χ0) is 22.1. The molecule has 0 aliphatic carbocycles. The minimum Gasteiger partial charge on any atom is -0.477 e. The first-order valence-electron chi connectivity index (χ1n) is 8.80. The minimum absolute atomic E-state index is 0.0284. The maximum Gasteiger partial charge on any atom is 0.352 e. The van der Waals surface area contributed by atoms with Gasteiger partial charge in [0.05, 0.1) is 6.26 Å². The summed E-state index contributed by atoms with van der Waals surface area (Å²) in [6, 6.07) is 1.97. The highest BCUT2D eigenvalue weighted by Gasteiger charge is 2.55. The summed E-state index contributed by atoms with van der Waals surface area (Å²) in [7, 11) is 0. The average Bonchev–Trinajstić information content (AvgIpc) is 3.45. The van der Waals surface area contributed by atoms with Crippen LogP contribution in [-0.4, -0.2) is 81.8 Å². The van der Waals surface area contributed by atoms with Crippen molar-refractivity contribution in [2.45, 2.75) is 28.7 Å². The molecule has 1 unspecified atom stereocenters. The molecule has 2 aliphatic rings. The van der Waals surface area contributed by atoms with E-state index in [9.17, 15) is 19.5 Å². The van der Waals surface area contributed by atoms with Crippen LogP contribution in [0, 0.1) is 0 Å². The van der Waals surface area contributed by atoms with Crippen LogP contribution in [-0.2, 0) is 14.4 Å². The molecule has 1 fully saturated rings. The van der Waals surface area contributed by atoms with E-state index in [1.807, 2.05) is 0 Å². The monoisotopic (exact) mass is 465 g/mol. The number of aliphatic carboxylic acids is 1. The van der Waals surface area contributed by atoms with Gasteiger partial charge < -0.3 is 20.0 Å². The summed E-state index contributed by atoms with van der Waals surface area (Å²) in [5.41, 5.74) is 0.0246. The molecule has 13 nitrogen and oxygen atoms in total. The number of hydrogen-bond acceptors (Lipinski definition) is 11. The summed E-state index contributed by atoms with van der Waals surface area (Å²) >= 11 is 2.53. The predicted octanol–water partition coefficient (Wildman–Crippen LogP) is -0.110. The number of amides is 2. The number of hydrogen-bond donors (Lipinski definition) is 4. The van der Waals surface area contributed by atoms with Crippen molar-refractivity contribution < 1.29 is 29.1 Å². The van der Waals surface area contributed by atoms with Crippen LogP contribution in [0.25, 0.3) is 0 Å². The molecule has 2 aromatic heterocycles. The molecule has 4 rings (SSSR count). The molecule has 0 saturated carbocycles. The van der Waals surface area contributed by atoms with E-state index in [0.29, 0.717) is 16.5 Å². The van der Waals surface area contributed by atoms with Crippen LogP contribution in [0.1, 0.15) is 12.7 Å². The lowest BCUT2D eigenvalue weighted by atomic mass is 10.0. The van der Waals surface area contributed by atoms with E-state index in [2.05, 4.69) is 31.1 Å². The number of tetrazole rings is 1. The molecule has 3 atom stereocenters. The zero-order valence-electron chi connectivity index (χ0n) is 15.8. The average molecular weight is 465 g/mol. The Morgan fingerprint density at radius 1 is 1.52 bits per heavy atom. The van der Waals surface area contributed by atoms with Crippen LogP contribution in [0.4, 0.5) is 0 Å². The van der Waals surface area contributed by atoms with Gasteiger partial charge in [-0.2, -0.15) is 5.21 Å². The summed E-state index contributed by atoms with van der Waals surface area (Å²) in [5, 5.41) is 37.3. The zero-order valence-corrected chi connectivity index (χ0v) is 17.4. The summed E-state index contributed by atoms with van der Waals surface area (Å²) in [6.45, 7) is 1.79. The standard InChI is InChI=1S/C16H15N7O6S2/c1-6(31-16-18-21-22-19-16)7-5-30-14-10(13(25)23(14)11(7)15(26)27)17-12(24)9(20-28)8-3-2-4-29-8/h2-4,6,10,14,28H,5H2,1H3,(H,17,24)(H,26,27)(H,18,19,21,22)/t6?,10-,14+/m1/s1. The summed E-state index contributed by atoms with van der Waals surface area (Å²) < 4.78 is 5.05. The predicted molar refractivity (Wildman–Crippen MR) is 106 cm³/mol. The van der Waals surface area contributed by atoms with Crippen molar-refractivity contribution in [1.29, 1.82) is 0 Å². The number of thioether (sulfide) groups is 2. The largest absolute Gasteiger partial charge is 0.477 e. The van der Waals surface area contributed by atoms with Crippen LogP contribution < -0.4 is 5.32 Å². The van der Waals surface area contributed by atoms with Crippen molar-refractivity contribution >= 4 is 47.0 Å². The van der Waals surface area contributed by atoms with Crippen LogP contribution in [0.3, 0.4) is 0 Å². The number of carbonyl (C=O) groups excluding carboxylic acids is 2. The summed E-state index contributed by atoms with van der Waals surface area (Å²) in [6.07, 6.45) is 1.31. The Labute approximate surface area is 182 Å². The molecule has 2 aliphatic heterocycles. The minimum atomic E-state index is -1.24. The van der Waals surface area contributed by atoms with Gasteiger partial charge in [0.15, 0.2) is 5.76 Å². The molecule has 0 aromatic carbocycles. The normalized spacial score (nSPS) is 22.0. The van der Waals surface area contributed by atoms with Crippen LogP contribution in [0.5, 0.6) is 0 Å². The quantitative estimate of drug-likeness (QED) is 0.140. The maximum atomic E-state index is 12.8. The molecule has 162 valence electrons. The first kappa shape index (κ1) is 20.9. The first-order valence-corrected chi connectivity index (χ1v) is 10.7. The fourth-order valence-corrected chi connectivity index (χ4v) is 5.63. The molecule has 1 saturated heterocycles. The van der Waals surface area contributed by atoms with Gasteiger partial charge in [-0.1, -0.05) is 16.9 Å². The number of nitrogens with one attached hydrogen (secondary N) is 2. The number of fused-ring (bicyclic) bond motifs is 1. The van der Waals surface area contributed by atoms with Crippen molar-refractivity contribution in [3.05, 3.63) is 35.4 Å². The Morgan fingerprint density at radius 2 is 2.32 bits per heavy atom. The highest BCUT2D eigenvalue weighted by atomic mass is 32.2. The number of carbonyl (C=O) groups is 3. The SMILES string of the molecule is CC(Sc1nn[nH]n1)C1=C(C(=O)O)N2C(=O)[C@@H](NC(=O)C(=NO)c3ccco3)[C@@H]2SC1. The fourth-order valence-electron chi connectivity index (χ4n) is 3.22. The van der Waals surface area contributed by atoms with Crippen molar-refractivity contribution in [3.63, 3.8) is 0 Å². The molecular formula is C16H15N7O6S2. The molecule has 4 heterocycles. The van der Waals surface area contributed by atoms with Gasteiger partial charge in [0, 0.05) is 11.0 Å². The van der Waals surface area contributed by atoms with Crippen LogP contribution >= 0.6 is 23.5 Å². The second kappa shape index (κ2) is 8.43. The van der Waals surface area contributed by atoms with Crippen molar-refractivity contribution in [2.75, 3.05) is 5.75 Å². The smallest absolute Gasteiger partial charge is 0.352 e. The molecule has 0 bridgehead atoms. The molecule has 2 aromatic rings. The number of H-pyrrole nitrogens is 1. The van der Waals surface area contributed by atoms with Crippen molar-refractivity contribution in [3.8, 4) is 0 Å². The molecule has 0 radical (unpaired) electrons. The fraction of sp³-hybridized carbons (Fsp3) is 0.312. The molecular weight excluding hydrogens is 450 g/mol.